The minimum atomic E-state index is 0.863. The summed E-state index contributed by atoms with van der Waals surface area (Å²) in [6.45, 7) is 1.95. The smallest absolute Gasteiger partial charge is 0.417 e. The van der Waals surface area contributed by atoms with Gasteiger partial charge in [0.1, 0.15) is 5.75 Å². The third-order valence-corrected chi connectivity index (χ3v) is 2.89. The normalized spacial score (nSPS) is 10.1. The minimum absolute atomic E-state index is 0.863. The molecule has 0 unspecified atom stereocenters. The van der Waals surface area contributed by atoms with Crippen LogP contribution in [0.25, 0.3) is 10.6 Å². The summed E-state index contributed by atoms with van der Waals surface area (Å²) in [4.78, 5) is 0. The Morgan fingerprint density at radius 1 is 1.21 bits per heavy atom. The molecule has 2 aromatic rings. The highest BCUT2D eigenvalue weighted by molar-refractivity contribution is 7.12. The van der Waals surface area contributed by atoms with Gasteiger partial charge in [-0.3, -0.25) is 0 Å². The lowest BCUT2D eigenvalue weighted by molar-refractivity contribution is 0.415. The van der Waals surface area contributed by atoms with E-state index in [1.807, 2.05) is 36.6 Å². The van der Waals surface area contributed by atoms with Crippen molar-refractivity contribution < 1.29 is 9.15 Å². The Balaban J connectivity index is 2.33. The van der Waals surface area contributed by atoms with Gasteiger partial charge in [-0.25, -0.2) is 4.42 Å². The van der Waals surface area contributed by atoms with Crippen molar-refractivity contribution in [1.82, 2.24) is 0 Å². The van der Waals surface area contributed by atoms with Crippen LogP contribution >= 0.6 is 11.3 Å². The highest BCUT2D eigenvalue weighted by Gasteiger charge is 2.15. The van der Waals surface area contributed by atoms with Gasteiger partial charge in [0, 0.05) is 0 Å². The topological polar surface area (TPSA) is 20.5 Å². The maximum Gasteiger partial charge on any atom is 0.417 e. The number of ether oxygens (including phenoxy) is 1. The van der Waals surface area contributed by atoms with Crippen molar-refractivity contribution in [3.05, 3.63) is 35.4 Å². The molecule has 0 bridgehead atoms. The molecule has 0 aliphatic heterocycles. The lowest BCUT2D eigenvalue weighted by Crippen LogP contribution is -1.81. The van der Waals surface area contributed by atoms with Crippen LogP contribution in [0.4, 0.5) is 0 Å². The molecule has 14 heavy (non-hydrogen) atoms. The van der Waals surface area contributed by atoms with Gasteiger partial charge in [0.15, 0.2) is 0 Å². The summed E-state index contributed by atoms with van der Waals surface area (Å²) in [6.07, 6.45) is 0. The van der Waals surface area contributed by atoms with E-state index in [2.05, 4.69) is 0 Å². The van der Waals surface area contributed by atoms with Crippen LogP contribution in [0.3, 0.4) is 0 Å². The first-order chi connectivity index (χ1) is 6.79. The van der Waals surface area contributed by atoms with E-state index in [0.717, 1.165) is 22.1 Å². The predicted molar refractivity (Wildman–Crippen MR) is 57.7 cm³/mol. The molecule has 3 heteroatoms. The van der Waals surface area contributed by atoms with Crippen molar-refractivity contribution in [3.63, 3.8) is 0 Å². The molecule has 0 amide bonds. The van der Waals surface area contributed by atoms with E-state index in [4.69, 9.17) is 9.15 Å². The molecule has 0 aliphatic rings. The molecule has 0 aliphatic carbocycles. The van der Waals surface area contributed by atoms with Crippen molar-refractivity contribution in [2.24, 2.45) is 0 Å². The molecule has 1 aromatic heterocycles. The zero-order valence-corrected chi connectivity index (χ0v) is 8.93. The largest absolute Gasteiger partial charge is 0.497 e. The van der Waals surface area contributed by atoms with Crippen LogP contribution in [-0.2, 0) is 0 Å². The SMILES string of the molecule is COc1ccc(-c2[o+]c(C)cs2)cc1. The minimum Gasteiger partial charge on any atom is -0.497 e. The molecule has 0 saturated carbocycles. The second-order valence-electron chi connectivity index (χ2n) is 2.96. The van der Waals surface area contributed by atoms with Crippen molar-refractivity contribution >= 4 is 11.3 Å². The van der Waals surface area contributed by atoms with Crippen molar-refractivity contribution in [1.29, 1.82) is 0 Å². The van der Waals surface area contributed by atoms with Crippen LogP contribution in [0.5, 0.6) is 5.75 Å². The number of aryl methyl sites for hydroxylation is 1. The standard InChI is InChI=1S/C11H11O2S/c1-8-7-14-11(13-8)9-3-5-10(12-2)6-4-9/h3-7H,1-2H3/q+1. The second kappa shape index (κ2) is 3.80. The van der Waals surface area contributed by atoms with Gasteiger partial charge in [-0.2, -0.15) is 0 Å². The maximum absolute atomic E-state index is 5.52. The lowest BCUT2D eigenvalue weighted by Gasteiger charge is -1.96. The average Bonchev–Trinajstić information content (AvgIpc) is 2.65. The average molecular weight is 207 g/mol. The Morgan fingerprint density at radius 2 is 1.93 bits per heavy atom. The van der Waals surface area contributed by atoms with Crippen LogP contribution in [0.2, 0.25) is 0 Å². The van der Waals surface area contributed by atoms with Gasteiger partial charge in [0.05, 0.1) is 25.0 Å². The Labute approximate surface area is 86.8 Å². The van der Waals surface area contributed by atoms with E-state index in [0.29, 0.717) is 0 Å². The molecule has 0 fully saturated rings. The number of benzene rings is 1. The van der Waals surface area contributed by atoms with Crippen LogP contribution < -0.4 is 4.74 Å². The quantitative estimate of drug-likeness (QED) is 0.701. The monoisotopic (exact) mass is 207 g/mol. The van der Waals surface area contributed by atoms with E-state index in [-0.39, 0.29) is 0 Å². The first-order valence-corrected chi connectivity index (χ1v) is 5.20. The predicted octanol–water partition coefficient (Wildman–Crippen LogP) is 3.61. The molecule has 1 heterocycles. The van der Waals surface area contributed by atoms with Crippen LogP contribution in [0.1, 0.15) is 5.76 Å². The van der Waals surface area contributed by atoms with E-state index in [1.165, 1.54) is 0 Å². The van der Waals surface area contributed by atoms with Crippen molar-refractivity contribution in [3.8, 4) is 16.4 Å². The summed E-state index contributed by atoms with van der Waals surface area (Å²) in [6, 6.07) is 7.85. The van der Waals surface area contributed by atoms with Crippen LogP contribution in [0.15, 0.2) is 34.1 Å². The van der Waals surface area contributed by atoms with Crippen molar-refractivity contribution in [2.45, 2.75) is 6.92 Å². The van der Waals surface area contributed by atoms with Crippen LogP contribution in [-0.4, -0.2) is 7.11 Å². The van der Waals surface area contributed by atoms with Gasteiger partial charge < -0.3 is 4.74 Å². The van der Waals surface area contributed by atoms with Crippen LogP contribution in [0, 0.1) is 6.92 Å². The maximum atomic E-state index is 5.52. The molecule has 2 nitrogen and oxygen atoms in total. The fraction of sp³-hybridized carbons (Fsp3) is 0.182. The Morgan fingerprint density at radius 3 is 2.43 bits per heavy atom. The molecule has 1 aromatic carbocycles. The fourth-order valence-electron chi connectivity index (χ4n) is 1.18. The number of methoxy groups -OCH3 is 1. The van der Waals surface area contributed by atoms with Gasteiger partial charge in [-0.15, -0.1) is 0 Å². The zero-order chi connectivity index (χ0) is 9.97. The number of hydrogen-bond donors (Lipinski definition) is 0. The van der Waals surface area contributed by atoms with Gasteiger partial charge in [0.25, 0.3) is 0 Å². The van der Waals surface area contributed by atoms with E-state index >= 15 is 0 Å². The molecule has 0 radical (unpaired) electrons. The molecular weight excluding hydrogens is 196 g/mol. The van der Waals surface area contributed by atoms with Gasteiger partial charge in [-0.1, -0.05) is 0 Å². The summed E-state index contributed by atoms with van der Waals surface area (Å²) < 4.78 is 10.6. The van der Waals surface area contributed by atoms with E-state index in [1.54, 1.807) is 18.4 Å². The molecule has 72 valence electrons. The Hall–Kier alpha value is -1.35. The molecular formula is C11H11O2S+. The first-order valence-electron chi connectivity index (χ1n) is 4.32. The third-order valence-electron chi connectivity index (χ3n) is 1.91. The molecule has 0 spiro atoms. The van der Waals surface area contributed by atoms with Gasteiger partial charge >= 0.3 is 10.8 Å². The van der Waals surface area contributed by atoms with Gasteiger partial charge in [0.2, 0.25) is 0 Å². The second-order valence-corrected chi connectivity index (χ2v) is 3.81. The molecule has 0 saturated heterocycles. The summed E-state index contributed by atoms with van der Waals surface area (Å²) in [5, 5.41) is 2.93. The van der Waals surface area contributed by atoms with E-state index in [9.17, 15) is 0 Å². The fourth-order valence-corrected chi connectivity index (χ4v) is 1.96. The first kappa shape index (κ1) is 9.21. The highest BCUT2D eigenvalue weighted by atomic mass is 32.1. The van der Waals surface area contributed by atoms with Crippen molar-refractivity contribution in [2.75, 3.05) is 7.11 Å². The third kappa shape index (κ3) is 1.77. The molecule has 0 N–H and O–H groups in total. The number of hydrogen-bond acceptors (Lipinski definition) is 2. The molecule has 2 rings (SSSR count). The molecule has 0 atom stereocenters. The summed E-state index contributed by atoms with van der Waals surface area (Å²) in [5.41, 5.74) is 1.09. The lowest BCUT2D eigenvalue weighted by atomic mass is 10.2. The Kier molecular flexibility index (Phi) is 2.50. The highest BCUT2D eigenvalue weighted by Crippen LogP contribution is 2.28. The Bertz CT molecular complexity index is 417. The van der Waals surface area contributed by atoms with E-state index < -0.39 is 0 Å². The summed E-state index contributed by atoms with van der Waals surface area (Å²) in [5.74, 6) is 1.81. The zero-order valence-electron chi connectivity index (χ0n) is 8.11. The van der Waals surface area contributed by atoms with Gasteiger partial charge in [-0.05, 0) is 35.6 Å². The number of rotatable bonds is 2. The summed E-state index contributed by atoms with van der Waals surface area (Å²) in [7, 11) is 1.66. The summed E-state index contributed by atoms with van der Waals surface area (Å²) >= 11 is 1.61.